The van der Waals surface area contributed by atoms with Crippen molar-refractivity contribution in [2.75, 3.05) is 20.1 Å². The predicted molar refractivity (Wildman–Crippen MR) is 183 cm³/mol. The fraction of sp³-hybridized carbons (Fsp3) is 0.378. The van der Waals surface area contributed by atoms with E-state index in [-0.39, 0.29) is 58.5 Å². The van der Waals surface area contributed by atoms with Crippen LogP contribution in [-0.4, -0.2) is 68.8 Å². The molecular weight excluding hydrogens is 629 g/mol. The van der Waals surface area contributed by atoms with Gasteiger partial charge in [0.25, 0.3) is 0 Å². The maximum atomic E-state index is 17.2. The van der Waals surface area contributed by atoms with Crippen LogP contribution in [0.15, 0.2) is 48.7 Å². The lowest BCUT2D eigenvalue weighted by Crippen LogP contribution is -2.45. The second kappa shape index (κ2) is 12.7. The molecule has 0 saturated carbocycles. The highest BCUT2D eigenvalue weighted by Gasteiger charge is 2.34. The summed E-state index contributed by atoms with van der Waals surface area (Å²) in [4.78, 5) is 21.2. The van der Waals surface area contributed by atoms with E-state index >= 15 is 4.39 Å². The van der Waals surface area contributed by atoms with Crippen molar-refractivity contribution in [1.82, 2.24) is 24.6 Å². The summed E-state index contributed by atoms with van der Waals surface area (Å²) in [5.74, 6) is -0.393. The summed E-state index contributed by atoms with van der Waals surface area (Å²) in [6.45, 7) is 5.00. The maximum absolute atomic E-state index is 17.2. The lowest BCUT2D eigenvalue weighted by Gasteiger charge is -2.38. The summed E-state index contributed by atoms with van der Waals surface area (Å²) in [6, 6.07) is 16.8. The number of halogens is 2. The molecule has 2 aliphatic heterocycles. The second-order valence-electron chi connectivity index (χ2n) is 13.0. The number of aromatic nitrogens is 3. The highest BCUT2D eigenvalue weighted by Crippen LogP contribution is 2.44. The van der Waals surface area contributed by atoms with E-state index in [1.54, 1.807) is 35.4 Å². The molecule has 4 heterocycles. The van der Waals surface area contributed by atoms with Gasteiger partial charge in [0, 0.05) is 41.9 Å². The van der Waals surface area contributed by atoms with Crippen LogP contribution in [0, 0.1) is 28.5 Å². The minimum Gasteiger partial charge on any atom is -0.472 e. The van der Waals surface area contributed by atoms with Crippen molar-refractivity contribution in [1.29, 1.82) is 10.5 Å². The molecular formula is C37H35ClFN7O2. The van der Waals surface area contributed by atoms with E-state index in [0.717, 1.165) is 24.8 Å². The van der Waals surface area contributed by atoms with Gasteiger partial charge in [0.2, 0.25) is 11.8 Å². The van der Waals surface area contributed by atoms with Crippen molar-refractivity contribution in [3.63, 3.8) is 0 Å². The number of nitrogens with zero attached hydrogens (tertiary/aromatic N) is 7. The summed E-state index contributed by atoms with van der Waals surface area (Å²) < 4.78 is 25.6. The fourth-order valence-corrected chi connectivity index (χ4v) is 8.15. The highest BCUT2D eigenvalue weighted by atomic mass is 35.5. The molecule has 1 unspecified atom stereocenters. The number of amides is 1. The first-order valence-corrected chi connectivity index (χ1v) is 16.7. The average molecular weight is 664 g/mol. The van der Waals surface area contributed by atoms with Crippen LogP contribution in [-0.2, 0) is 4.79 Å². The number of carbonyl (C=O) groups excluding carboxylic acids is 1. The second-order valence-corrected chi connectivity index (χ2v) is 13.4. The van der Waals surface area contributed by atoms with Gasteiger partial charge in [-0.1, -0.05) is 41.9 Å². The smallest absolute Gasteiger partial charge is 0.225 e. The molecule has 2 saturated heterocycles. The molecule has 1 amide bonds. The molecule has 9 nitrogen and oxygen atoms in total. The van der Waals surface area contributed by atoms with E-state index < -0.39 is 5.82 Å². The topological polar surface area (TPSA) is 111 Å². The SMILES string of the molecule is CC(=O)N1CC[C@H](n2ncc3c(O[C@@H](C)C4CCCN4C)nc4c(F)c(-c5cccc6cccc(C#N)c56)c(Cl)cc4c32)C[C@H]1CC#N. The highest BCUT2D eigenvalue weighted by molar-refractivity contribution is 6.35. The van der Waals surface area contributed by atoms with Crippen LogP contribution >= 0.6 is 11.6 Å². The summed E-state index contributed by atoms with van der Waals surface area (Å²) in [7, 11) is 2.08. The number of nitriles is 2. The maximum Gasteiger partial charge on any atom is 0.225 e. The molecule has 48 heavy (non-hydrogen) atoms. The van der Waals surface area contributed by atoms with Gasteiger partial charge in [-0.3, -0.25) is 14.4 Å². The van der Waals surface area contributed by atoms with Crippen LogP contribution in [0.1, 0.15) is 57.6 Å². The van der Waals surface area contributed by atoms with Crippen molar-refractivity contribution >= 4 is 50.1 Å². The van der Waals surface area contributed by atoms with E-state index in [1.165, 1.54) is 6.92 Å². The fourth-order valence-electron chi connectivity index (χ4n) is 7.85. The average Bonchev–Trinajstić information content (AvgIpc) is 3.72. The third-order valence-corrected chi connectivity index (χ3v) is 10.5. The summed E-state index contributed by atoms with van der Waals surface area (Å²) in [5.41, 5.74) is 1.81. The van der Waals surface area contributed by atoms with Crippen molar-refractivity contribution in [3.05, 3.63) is 65.1 Å². The zero-order valence-corrected chi connectivity index (χ0v) is 27.8. The Kier molecular flexibility index (Phi) is 8.41. The van der Waals surface area contributed by atoms with E-state index in [4.69, 9.17) is 26.4 Å². The molecule has 244 valence electrons. The van der Waals surface area contributed by atoms with Gasteiger partial charge in [-0.25, -0.2) is 9.37 Å². The lowest BCUT2D eigenvalue weighted by atomic mass is 9.93. The van der Waals surface area contributed by atoms with Crippen LogP contribution in [0.25, 0.3) is 43.7 Å². The van der Waals surface area contributed by atoms with E-state index in [9.17, 15) is 15.3 Å². The molecule has 11 heteroatoms. The minimum atomic E-state index is -0.614. The third kappa shape index (κ3) is 5.30. The Labute approximate surface area is 283 Å². The molecule has 0 aliphatic carbocycles. The molecule has 0 spiro atoms. The number of pyridine rings is 1. The Morgan fingerprint density at radius 2 is 1.96 bits per heavy atom. The normalized spacial score (nSPS) is 20.6. The van der Waals surface area contributed by atoms with Gasteiger partial charge in [0.1, 0.15) is 11.6 Å². The zero-order chi connectivity index (χ0) is 33.7. The molecule has 3 aromatic carbocycles. The Hall–Kier alpha value is -4.77. The number of benzene rings is 3. The number of hydrogen-bond donors (Lipinski definition) is 0. The van der Waals surface area contributed by atoms with Gasteiger partial charge in [-0.05, 0) is 69.3 Å². The van der Waals surface area contributed by atoms with Crippen LogP contribution < -0.4 is 4.74 Å². The minimum absolute atomic E-state index is 0.0652. The first-order chi connectivity index (χ1) is 23.2. The standard InChI is InChI=1S/C37H35ClFN7O2/c1-21(31-11-6-15-44(31)3)48-37-29-20-42-46(26-13-16-45(22(2)47)25(17-26)12-14-40)36(29)28-18-30(38)33(34(39)35(28)43-37)27-10-5-8-23-7-4-9-24(19-41)32(23)27/h4-5,7-10,18,20-21,25-26,31H,6,11-13,15-17H2,1-3H3/t21-,25+,26-,31?/m0/s1. The number of ether oxygens (including phenoxy) is 1. The Bertz CT molecular complexity index is 2160. The number of fused-ring (bicyclic) bond motifs is 4. The van der Waals surface area contributed by atoms with E-state index in [0.29, 0.717) is 52.2 Å². The van der Waals surface area contributed by atoms with Gasteiger partial charge in [0.05, 0.1) is 52.3 Å². The van der Waals surface area contributed by atoms with Gasteiger partial charge in [-0.15, -0.1) is 0 Å². The largest absolute Gasteiger partial charge is 0.472 e. The Morgan fingerprint density at radius 3 is 2.67 bits per heavy atom. The number of likely N-dealkylation sites (N-methyl/N-ethyl adjacent to an activating group) is 1. The molecule has 4 atom stereocenters. The molecule has 7 rings (SSSR count). The van der Waals surface area contributed by atoms with Gasteiger partial charge >= 0.3 is 0 Å². The van der Waals surface area contributed by atoms with Crippen molar-refractivity contribution in [3.8, 4) is 29.1 Å². The molecule has 2 aromatic heterocycles. The number of carbonyl (C=O) groups is 1. The molecule has 0 N–H and O–H groups in total. The van der Waals surface area contributed by atoms with Crippen LogP contribution in [0.2, 0.25) is 5.02 Å². The number of hydrogen-bond acceptors (Lipinski definition) is 7. The summed E-state index contributed by atoms with van der Waals surface area (Å²) >= 11 is 6.99. The molecule has 5 aromatic rings. The number of piperidine rings is 1. The molecule has 0 radical (unpaired) electrons. The van der Waals surface area contributed by atoms with Gasteiger partial charge in [-0.2, -0.15) is 15.6 Å². The predicted octanol–water partition coefficient (Wildman–Crippen LogP) is 7.40. The van der Waals surface area contributed by atoms with Crippen molar-refractivity contribution in [2.24, 2.45) is 0 Å². The summed E-state index contributed by atoms with van der Waals surface area (Å²) in [5, 5.41) is 27.0. The van der Waals surface area contributed by atoms with Crippen LogP contribution in [0.5, 0.6) is 5.88 Å². The van der Waals surface area contributed by atoms with Crippen LogP contribution in [0.3, 0.4) is 0 Å². The first kappa shape index (κ1) is 31.8. The quantitative estimate of drug-likeness (QED) is 0.186. The van der Waals surface area contributed by atoms with E-state index in [2.05, 4.69) is 24.1 Å². The summed E-state index contributed by atoms with van der Waals surface area (Å²) in [6.07, 6.45) is 4.89. The van der Waals surface area contributed by atoms with Crippen molar-refractivity contribution < 1.29 is 13.9 Å². The van der Waals surface area contributed by atoms with E-state index in [1.807, 2.05) is 29.8 Å². The van der Waals surface area contributed by atoms with Gasteiger partial charge < -0.3 is 9.64 Å². The Balaban J connectivity index is 1.45. The van der Waals surface area contributed by atoms with Crippen molar-refractivity contribution in [2.45, 2.75) is 70.2 Å². The molecule has 2 fully saturated rings. The molecule has 2 aliphatic rings. The zero-order valence-electron chi connectivity index (χ0n) is 27.1. The number of rotatable bonds is 6. The van der Waals surface area contributed by atoms with Crippen LogP contribution in [0.4, 0.5) is 4.39 Å². The third-order valence-electron chi connectivity index (χ3n) is 10.2. The van der Waals surface area contributed by atoms with Gasteiger partial charge in [0.15, 0.2) is 5.82 Å². The molecule has 0 bridgehead atoms. The monoisotopic (exact) mass is 663 g/mol. The Morgan fingerprint density at radius 1 is 1.17 bits per heavy atom. The number of likely N-dealkylation sites (tertiary alicyclic amines) is 2. The first-order valence-electron chi connectivity index (χ1n) is 16.3. The lowest BCUT2D eigenvalue weighted by molar-refractivity contribution is -0.132.